The van der Waals surface area contributed by atoms with Crippen LogP contribution in [0.4, 0.5) is 0 Å². The topological polar surface area (TPSA) is 86.4 Å². The van der Waals surface area contributed by atoms with Gasteiger partial charge in [-0.1, -0.05) is 66.4 Å². The van der Waals surface area contributed by atoms with E-state index in [0.717, 1.165) is 22.9 Å². The van der Waals surface area contributed by atoms with Crippen LogP contribution in [-0.2, 0) is 17.8 Å². The van der Waals surface area contributed by atoms with E-state index >= 15 is 0 Å². The van der Waals surface area contributed by atoms with Crippen molar-refractivity contribution in [2.75, 3.05) is 19.4 Å². The molecule has 5 aromatic rings. The highest BCUT2D eigenvalue weighted by molar-refractivity contribution is 7.99. The van der Waals surface area contributed by atoms with Gasteiger partial charge in [-0.2, -0.15) is 0 Å². The Morgan fingerprint density at radius 3 is 2.64 bits per heavy atom. The SMILES string of the molecule is COc1cccc(Cn2c(SCC(=O)NCCc3ccccc3)nc3c(oc4ccccc43)c2=O)c1. The molecule has 0 atom stereocenters. The summed E-state index contributed by atoms with van der Waals surface area (Å²) in [6.07, 6.45) is 0.753. The summed E-state index contributed by atoms with van der Waals surface area (Å²) in [4.78, 5) is 30.9. The molecule has 0 radical (unpaired) electrons. The van der Waals surface area contributed by atoms with Crippen LogP contribution in [0, 0.1) is 0 Å². The van der Waals surface area contributed by atoms with E-state index < -0.39 is 0 Å². The Morgan fingerprint density at radius 2 is 1.81 bits per heavy atom. The van der Waals surface area contributed by atoms with Gasteiger partial charge in [-0.3, -0.25) is 14.2 Å². The fourth-order valence-electron chi connectivity index (χ4n) is 4.03. The first-order valence-electron chi connectivity index (χ1n) is 11.6. The predicted molar refractivity (Wildman–Crippen MR) is 142 cm³/mol. The van der Waals surface area contributed by atoms with Gasteiger partial charge >= 0.3 is 0 Å². The molecule has 1 amide bonds. The molecule has 0 fully saturated rings. The minimum atomic E-state index is -0.286. The van der Waals surface area contributed by atoms with E-state index in [1.54, 1.807) is 11.7 Å². The monoisotopic (exact) mass is 499 g/mol. The molecule has 0 aliphatic rings. The molecule has 0 saturated heterocycles. The Kier molecular flexibility index (Phi) is 7.04. The van der Waals surface area contributed by atoms with Gasteiger partial charge in [-0.05, 0) is 41.8 Å². The van der Waals surface area contributed by atoms with E-state index in [0.29, 0.717) is 28.6 Å². The molecule has 8 heteroatoms. The van der Waals surface area contributed by atoms with Crippen molar-refractivity contribution in [1.29, 1.82) is 0 Å². The molecule has 2 aromatic heterocycles. The third kappa shape index (κ3) is 5.13. The van der Waals surface area contributed by atoms with E-state index in [1.807, 2.05) is 78.9 Å². The number of amides is 1. The highest BCUT2D eigenvalue weighted by atomic mass is 32.2. The molecule has 36 heavy (non-hydrogen) atoms. The first-order chi connectivity index (χ1) is 17.6. The number of aromatic nitrogens is 2. The van der Waals surface area contributed by atoms with Gasteiger partial charge in [0.05, 0.1) is 19.4 Å². The van der Waals surface area contributed by atoms with Crippen LogP contribution in [0.15, 0.2) is 93.2 Å². The van der Waals surface area contributed by atoms with Crippen molar-refractivity contribution in [3.63, 3.8) is 0 Å². The van der Waals surface area contributed by atoms with E-state index in [9.17, 15) is 9.59 Å². The first kappa shape index (κ1) is 23.7. The highest BCUT2D eigenvalue weighted by Gasteiger charge is 2.19. The van der Waals surface area contributed by atoms with Crippen molar-refractivity contribution < 1.29 is 13.9 Å². The number of methoxy groups -OCH3 is 1. The zero-order valence-electron chi connectivity index (χ0n) is 19.8. The quantitative estimate of drug-likeness (QED) is 0.235. The van der Waals surface area contributed by atoms with Gasteiger partial charge in [-0.25, -0.2) is 4.98 Å². The Hall–Kier alpha value is -4.04. The molecule has 0 aliphatic carbocycles. The number of nitrogens with zero attached hydrogens (tertiary/aromatic N) is 2. The molecule has 0 aliphatic heterocycles. The minimum absolute atomic E-state index is 0.116. The number of benzene rings is 3. The Morgan fingerprint density at radius 1 is 1.03 bits per heavy atom. The molecule has 0 unspecified atom stereocenters. The summed E-state index contributed by atoms with van der Waals surface area (Å²) in [7, 11) is 1.60. The third-order valence-corrected chi connectivity index (χ3v) is 6.81. The standard InChI is InChI=1S/C28H25N3O4S/c1-34-21-11-7-10-20(16-21)17-31-27(33)26-25(22-12-5-6-13-23(22)35-26)30-28(31)36-18-24(32)29-15-14-19-8-3-2-4-9-19/h2-13,16H,14-15,17-18H2,1H3,(H,29,32). The summed E-state index contributed by atoms with van der Waals surface area (Å²) in [6, 6.07) is 25.0. The van der Waals surface area contributed by atoms with Crippen molar-refractivity contribution in [3.8, 4) is 5.75 Å². The number of thioether (sulfide) groups is 1. The van der Waals surface area contributed by atoms with Crippen LogP contribution in [0.2, 0.25) is 0 Å². The summed E-state index contributed by atoms with van der Waals surface area (Å²) in [5.41, 5.74) is 3.07. The van der Waals surface area contributed by atoms with Gasteiger partial charge < -0.3 is 14.5 Å². The normalized spacial score (nSPS) is 11.1. The maximum atomic E-state index is 13.5. The second-order valence-corrected chi connectivity index (χ2v) is 9.23. The lowest BCUT2D eigenvalue weighted by Crippen LogP contribution is -2.28. The maximum absolute atomic E-state index is 13.5. The zero-order valence-corrected chi connectivity index (χ0v) is 20.6. The lowest BCUT2D eigenvalue weighted by molar-refractivity contribution is -0.118. The molecule has 3 aromatic carbocycles. The fraction of sp³-hybridized carbons (Fsp3) is 0.179. The van der Waals surface area contributed by atoms with Crippen LogP contribution in [0.3, 0.4) is 0 Å². The molecule has 1 N–H and O–H groups in total. The van der Waals surface area contributed by atoms with E-state index in [-0.39, 0.29) is 29.3 Å². The van der Waals surface area contributed by atoms with Crippen molar-refractivity contribution >= 4 is 39.7 Å². The van der Waals surface area contributed by atoms with Crippen LogP contribution in [0.25, 0.3) is 22.1 Å². The molecule has 2 heterocycles. The smallest absolute Gasteiger partial charge is 0.298 e. The highest BCUT2D eigenvalue weighted by Crippen LogP contribution is 2.27. The molecular weight excluding hydrogens is 474 g/mol. The van der Waals surface area contributed by atoms with Gasteiger partial charge in [0.2, 0.25) is 11.5 Å². The molecule has 0 spiro atoms. The van der Waals surface area contributed by atoms with Gasteiger partial charge in [0, 0.05) is 11.9 Å². The Labute approximate surface area is 212 Å². The van der Waals surface area contributed by atoms with Crippen LogP contribution >= 0.6 is 11.8 Å². The lowest BCUT2D eigenvalue weighted by atomic mass is 10.1. The van der Waals surface area contributed by atoms with Crippen molar-refractivity contribution in [3.05, 3.63) is 100 Å². The first-order valence-corrected chi connectivity index (χ1v) is 12.6. The zero-order chi connectivity index (χ0) is 24.9. The predicted octanol–water partition coefficient (Wildman–Crippen LogP) is 4.65. The van der Waals surface area contributed by atoms with E-state index in [2.05, 4.69) is 5.32 Å². The van der Waals surface area contributed by atoms with Crippen LogP contribution < -0.4 is 15.6 Å². The van der Waals surface area contributed by atoms with E-state index in [1.165, 1.54) is 11.8 Å². The van der Waals surface area contributed by atoms with E-state index in [4.69, 9.17) is 14.1 Å². The molecular formula is C28H25N3O4S. The van der Waals surface area contributed by atoms with Crippen LogP contribution in [0.5, 0.6) is 5.75 Å². The number of furan rings is 1. The molecule has 182 valence electrons. The molecule has 0 bridgehead atoms. The number of ether oxygens (including phenoxy) is 1. The van der Waals surface area contributed by atoms with Crippen LogP contribution in [-0.4, -0.2) is 34.9 Å². The number of nitrogens with one attached hydrogen (secondary N) is 1. The summed E-state index contributed by atoms with van der Waals surface area (Å²) in [6.45, 7) is 0.812. The summed E-state index contributed by atoms with van der Waals surface area (Å²) < 4.78 is 12.8. The van der Waals surface area contributed by atoms with Gasteiger partial charge in [0.1, 0.15) is 16.8 Å². The number of carbonyl (C=O) groups excluding carboxylic acids is 1. The lowest BCUT2D eigenvalue weighted by Gasteiger charge is -2.12. The second-order valence-electron chi connectivity index (χ2n) is 8.29. The number of fused-ring (bicyclic) bond motifs is 3. The third-order valence-electron chi connectivity index (χ3n) is 5.83. The second kappa shape index (κ2) is 10.7. The summed E-state index contributed by atoms with van der Waals surface area (Å²) in [5.74, 6) is 0.723. The van der Waals surface area contributed by atoms with Gasteiger partial charge in [0.25, 0.3) is 5.56 Å². The number of carbonyl (C=O) groups is 1. The Bertz CT molecular complexity index is 1580. The summed E-state index contributed by atoms with van der Waals surface area (Å²) >= 11 is 1.24. The summed E-state index contributed by atoms with van der Waals surface area (Å²) in [5, 5.41) is 4.18. The van der Waals surface area contributed by atoms with Crippen molar-refractivity contribution in [1.82, 2.24) is 14.9 Å². The fourth-order valence-corrected chi connectivity index (χ4v) is 4.85. The molecule has 7 nitrogen and oxygen atoms in total. The molecule has 5 rings (SSSR count). The number of hydrogen-bond donors (Lipinski definition) is 1. The number of hydrogen-bond acceptors (Lipinski definition) is 6. The maximum Gasteiger partial charge on any atom is 0.298 e. The molecule has 0 saturated carbocycles. The average molecular weight is 500 g/mol. The Balaban J connectivity index is 1.41. The van der Waals surface area contributed by atoms with Crippen molar-refractivity contribution in [2.45, 2.75) is 18.1 Å². The van der Waals surface area contributed by atoms with Gasteiger partial charge in [0.15, 0.2) is 5.16 Å². The van der Waals surface area contributed by atoms with Crippen LogP contribution in [0.1, 0.15) is 11.1 Å². The average Bonchev–Trinajstić information content (AvgIpc) is 3.29. The van der Waals surface area contributed by atoms with Crippen molar-refractivity contribution in [2.24, 2.45) is 0 Å². The number of rotatable bonds is 9. The largest absolute Gasteiger partial charge is 0.497 e. The minimum Gasteiger partial charge on any atom is -0.497 e. The number of para-hydroxylation sites is 1. The van der Waals surface area contributed by atoms with Gasteiger partial charge in [-0.15, -0.1) is 0 Å².